The summed E-state index contributed by atoms with van der Waals surface area (Å²) in [7, 11) is 0. The Balaban J connectivity index is 2.30. The number of halogens is 1. The summed E-state index contributed by atoms with van der Waals surface area (Å²) >= 11 is 3.34. The molecule has 0 saturated carbocycles. The third-order valence-corrected chi connectivity index (χ3v) is 3.39. The van der Waals surface area contributed by atoms with Gasteiger partial charge in [-0.3, -0.25) is 9.36 Å². The first-order valence-electron chi connectivity index (χ1n) is 5.93. The van der Waals surface area contributed by atoms with E-state index in [1.807, 2.05) is 13.8 Å². The number of amides is 1. The van der Waals surface area contributed by atoms with E-state index in [2.05, 4.69) is 36.4 Å². The van der Waals surface area contributed by atoms with E-state index in [0.29, 0.717) is 15.9 Å². The maximum atomic E-state index is 12.1. The quantitative estimate of drug-likeness (QED) is 0.933. The molecule has 2 heterocycles. The van der Waals surface area contributed by atoms with Crippen molar-refractivity contribution in [2.45, 2.75) is 26.3 Å². The Labute approximate surface area is 119 Å². The van der Waals surface area contributed by atoms with Gasteiger partial charge in [0.05, 0.1) is 5.56 Å². The zero-order valence-electron chi connectivity index (χ0n) is 10.7. The van der Waals surface area contributed by atoms with Crippen molar-refractivity contribution in [3.63, 3.8) is 0 Å². The van der Waals surface area contributed by atoms with E-state index in [-0.39, 0.29) is 11.9 Å². The lowest BCUT2D eigenvalue weighted by Crippen LogP contribution is -2.32. The van der Waals surface area contributed by atoms with E-state index in [1.165, 1.54) is 12.7 Å². The molecule has 0 radical (unpaired) electrons. The molecule has 19 heavy (non-hydrogen) atoms. The number of nitrogens with one attached hydrogen (secondary N) is 1. The van der Waals surface area contributed by atoms with Gasteiger partial charge in [0.1, 0.15) is 18.5 Å². The van der Waals surface area contributed by atoms with Crippen LogP contribution < -0.4 is 5.32 Å². The van der Waals surface area contributed by atoms with Crippen LogP contribution in [0.2, 0.25) is 0 Å². The van der Waals surface area contributed by atoms with E-state index >= 15 is 0 Å². The molecule has 100 valence electrons. The van der Waals surface area contributed by atoms with Crippen LogP contribution in [0.1, 0.15) is 30.6 Å². The fraction of sp³-hybridized carbons (Fsp3) is 0.333. The zero-order valence-corrected chi connectivity index (χ0v) is 12.3. The first-order valence-corrected chi connectivity index (χ1v) is 6.72. The first kappa shape index (κ1) is 13.7. The number of rotatable bonds is 4. The first-order chi connectivity index (χ1) is 9.11. The van der Waals surface area contributed by atoms with Crippen molar-refractivity contribution < 1.29 is 4.79 Å². The highest BCUT2D eigenvalue weighted by Gasteiger charge is 2.14. The van der Waals surface area contributed by atoms with Gasteiger partial charge >= 0.3 is 0 Å². The Bertz CT molecular complexity index is 570. The molecular weight excluding hydrogens is 310 g/mol. The van der Waals surface area contributed by atoms with Gasteiger partial charge in [0.15, 0.2) is 0 Å². The summed E-state index contributed by atoms with van der Waals surface area (Å²) in [6.07, 6.45) is 5.55. The van der Waals surface area contributed by atoms with Gasteiger partial charge in [-0.15, -0.1) is 10.2 Å². The summed E-state index contributed by atoms with van der Waals surface area (Å²) in [5.74, 6) is 0.473. The van der Waals surface area contributed by atoms with Gasteiger partial charge in [-0.1, -0.05) is 6.92 Å². The highest BCUT2D eigenvalue weighted by Crippen LogP contribution is 2.18. The monoisotopic (exact) mass is 323 g/mol. The SMILES string of the molecule is CC[C@@H](C)NC(=O)c1cc(-n2cnnc2)ncc1Br. The van der Waals surface area contributed by atoms with Crippen LogP contribution in [0.3, 0.4) is 0 Å². The number of aromatic nitrogens is 4. The second kappa shape index (κ2) is 5.92. The lowest BCUT2D eigenvalue weighted by Gasteiger charge is -2.13. The second-order valence-corrected chi connectivity index (χ2v) is 5.03. The van der Waals surface area contributed by atoms with Crippen LogP contribution >= 0.6 is 15.9 Å². The number of hydrogen-bond acceptors (Lipinski definition) is 4. The van der Waals surface area contributed by atoms with Crippen molar-refractivity contribution in [3.8, 4) is 5.82 Å². The van der Waals surface area contributed by atoms with Crippen LogP contribution in [0.25, 0.3) is 5.82 Å². The van der Waals surface area contributed by atoms with Crippen molar-refractivity contribution in [2.24, 2.45) is 0 Å². The Morgan fingerprint density at radius 2 is 2.16 bits per heavy atom. The van der Waals surface area contributed by atoms with E-state index < -0.39 is 0 Å². The average Bonchev–Trinajstić information content (AvgIpc) is 2.93. The van der Waals surface area contributed by atoms with Gasteiger partial charge in [-0.05, 0) is 35.3 Å². The van der Waals surface area contributed by atoms with Crippen molar-refractivity contribution in [1.29, 1.82) is 0 Å². The molecule has 0 aromatic carbocycles. The predicted octanol–water partition coefficient (Wildman–Crippen LogP) is 1.95. The molecule has 2 rings (SSSR count). The molecular formula is C12H14BrN5O. The Morgan fingerprint density at radius 3 is 2.79 bits per heavy atom. The average molecular weight is 324 g/mol. The summed E-state index contributed by atoms with van der Waals surface area (Å²) in [5.41, 5.74) is 0.541. The van der Waals surface area contributed by atoms with Crippen molar-refractivity contribution in [2.75, 3.05) is 0 Å². The van der Waals surface area contributed by atoms with Crippen molar-refractivity contribution in [1.82, 2.24) is 25.1 Å². The molecule has 1 atom stereocenters. The van der Waals surface area contributed by atoms with Gasteiger partial charge in [0.25, 0.3) is 5.91 Å². The number of nitrogens with zero attached hydrogens (tertiary/aromatic N) is 4. The van der Waals surface area contributed by atoms with Crippen LogP contribution in [0.4, 0.5) is 0 Å². The van der Waals surface area contributed by atoms with Crippen LogP contribution in [-0.4, -0.2) is 31.7 Å². The molecule has 0 aliphatic heterocycles. The highest BCUT2D eigenvalue weighted by atomic mass is 79.9. The minimum absolute atomic E-state index is 0.127. The molecule has 2 aromatic heterocycles. The number of carbonyl (C=O) groups is 1. The fourth-order valence-electron chi connectivity index (χ4n) is 1.47. The van der Waals surface area contributed by atoms with Crippen molar-refractivity contribution in [3.05, 3.63) is 35.0 Å². The molecule has 1 amide bonds. The van der Waals surface area contributed by atoms with E-state index in [9.17, 15) is 4.79 Å². The molecule has 0 aliphatic rings. The Hall–Kier alpha value is -1.76. The zero-order chi connectivity index (χ0) is 13.8. The predicted molar refractivity (Wildman–Crippen MR) is 74.1 cm³/mol. The molecule has 0 unspecified atom stereocenters. The maximum Gasteiger partial charge on any atom is 0.252 e. The maximum absolute atomic E-state index is 12.1. The van der Waals surface area contributed by atoms with Gasteiger partial charge in [0, 0.05) is 16.7 Å². The number of pyridine rings is 1. The largest absolute Gasteiger partial charge is 0.350 e. The van der Waals surface area contributed by atoms with E-state index in [1.54, 1.807) is 16.8 Å². The third kappa shape index (κ3) is 3.17. The van der Waals surface area contributed by atoms with Gasteiger partial charge in [-0.2, -0.15) is 0 Å². The molecule has 2 aromatic rings. The summed E-state index contributed by atoms with van der Waals surface area (Å²) in [6, 6.07) is 1.83. The van der Waals surface area contributed by atoms with Crippen molar-refractivity contribution >= 4 is 21.8 Å². The van der Waals surface area contributed by atoms with Gasteiger partial charge in [0.2, 0.25) is 0 Å². The molecule has 0 saturated heterocycles. The van der Waals surface area contributed by atoms with Crippen LogP contribution in [-0.2, 0) is 0 Å². The van der Waals surface area contributed by atoms with E-state index in [4.69, 9.17) is 0 Å². The highest BCUT2D eigenvalue weighted by molar-refractivity contribution is 9.10. The van der Waals surface area contributed by atoms with Crippen LogP contribution in [0.15, 0.2) is 29.4 Å². The van der Waals surface area contributed by atoms with Gasteiger partial charge in [-0.25, -0.2) is 4.98 Å². The van der Waals surface area contributed by atoms with E-state index in [0.717, 1.165) is 6.42 Å². The summed E-state index contributed by atoms with van der Waals surface area (Å²) in [6.45, 7) is 3.99. The molecule has 0 spiro atoms. The molecule has 7 heteroatoms. The molecule has 0 bridgehead atoms. The minimum atomic E-state index is -0.127. The standard InChI is InChI=1S/C12H14BrN5O/c1-3-8(2)17-12(19)9-4-11(14-5-10(9)13)18-6-15-16-7-18/h4-8H,3H2,1-2H3,(H,17,19)/t8-/m1/s1. The lowest BCUT2D eigenvalue weighted by molar-refractivity contribution is 0.0938. The Morgan fingerprint density at radius 1 is 1.47 bits per heavy atom. The summed E-state index contributed by atoms with van der Waals surface area (Å²) in [5, 5.41) is 10.4. The molecule has 0 fully saturated rings. The van der Waals surface area contributed by atoms with Gasteiger partial charge < -0.3 is 5.32 Å². The Kier molecular flexibility index (Phi) is 4.26. The number of carbonyl (C=O) groups excluding carboxylic acids is 1. The summed E-state index contributed by atoms with van der Waals surface area (Å²) in [4.78, 5) is 16.4. The topological polar surface area (TPSA) is 72.7 Å². The molecule has 1 N–H and O–H groups in total. The lowest BCUT2D eigenvalue weighted by atomic mass is 10.2. The minimum Gasteiger partial charge on any atom is -0.350 e. The number of hydrogen-bond donors (Lipinski definition) is 1. The van der Waals surface area contributed by atoms with Crippen LogP contribution in [0.5, 0.6) is 0 Å². The molecule has 6 nitrogen and oxygen atoms in total. The second-order valence-electron chi connectivity index (χ2n) is 4.17. The normalized spacial score (nSPS) is 12.2. The fourth-order valence-corrected chi connectivity index (χ4v) is 1.86. The smallest absolute Gasteiger partial charge is 0.252 e. The summed E-state index contributed by atoms with van der Waals surface area (Å²) < 4.78 is 2.30. The third-order valence-electron chi connectivity index (χ3n) is 2.76. The molecule has 0 aliphatic carbocycles. The van der Waals surface area contributed by atoms with Crippen LogP contribution in [0, 0.1) is 0 Å².